The van der Waals surface area contributed by atoms with Crippen molar-refractivity contribution in [3.63, 3.8) is 0 Å². The molecule has 1 N–H and O–H groups in total. The highest BCUT2D eigenvalue weighted by Crippen LogP contribution is 2.39. The Kier molecular flexibility index (Phi) is 4.50. The van der Waals surface area contributed by atoms with Crippen LogP contribution >= 0.6 is 23.2 Å². The molecule has 0 radical (unpaired) electrons. The molecule has 1 unspecified atom stereocenters. The van der Waals surface area contributed by atoms with Crippen molar-refractivity contribution in [3.8, 4) is 0 Å². The van der Waals surface area contributed by atoms with Gasteiger partial charge in [-0.25, -0.2) is 0 Å². The van der Waals surface area contributed by atoms with Gasteiger partial charge in [0.05, 0.1) is 15.0 Å². The van der Waals surface area contributed by atoms with Gasteiger partial charge in [0.1, 0.15) is 5.69 Å². The second-order valence-corrected chi connectivity index (χ2v) is 5.37. The van der Waals surface area contributed by atoms with Gasteiger partial charge in [-0.2, -0.15) is 0 Å². The van der Waals surface area contributed by atoms with E-state index in [0.717, 1.165) is 25.9 Å². The SMILES string of the molecule is CNCC1CCCN1c1cc(Cl)c(Cl)cc1[N+](=O)[O-]. The Morgan fingerprint density at radius 1 is 1.47 bits per heavy atom. The van der Waals surface area contributed by atoms with Crippen LogP contribution in [0.5, 0.6) is 0 Å². The van der Waals surface area contributed by atoms with Crippen LogP contribution in [0.1, 0.15) is 12.8 Å². The number of hydrogen-bond acceptors (Lipinski definition) is 4. The van der Waals surface area contributed by atoms with E-state index in [2.05, 4.69) is 5.32 Å². The molecule has 1 aromatic rings. The maximum atomic E-state index is 11.2. The smallest absolute Gasteiger partial charge is 0.294 e. The Morgan fingerprint density at radius 3 is 2.79 bits per heavy atom. The van der Waals surface area contributed by atoms with Gasteiger partial charge in [-0.3, -0.25) is 10.1 Å². The molecule has 0 aromatic heterocycles. The molecule has 1 aliphatic heterocycles. The van der Waals surface area contributed by atoms with Crippen LogP contribution in [0.25, 0.3) is 0 Å². The molecule has 0 aliphatic carbocycles. The molecule has 104 valence electrons. The highest BCUT2D eigenvalue weighted by atomic mass is 35.5. The Balaban J connectivity index is 2.42. The van der Waals surface area contributed by atoms with Gasteiger partial charge in [0.15, 0.2) is 0 Å². The Hall–Kier alpha value is -1.04. The first-order valence-corrected chi connectivity index (χ1v) is 6.85. The molecule has 1 saturated heterocycles. The molecule has 0 amide bonds. The minimum atomic E-state index is -0.410. The largest absolute Gasteiger partial charge is 0.362 e. The van der Waals surface area contributed by atoms with E-state index in [1.807, 2.05) is 11.9 Å². The lowest BCUT2D eigenvalue weighted by atomic mass is 10.2. The molecule has 0 saturated carbocycles. The molecule has 5 nitrogen and oxygen atoms in total. The van der Waals surface area contributed by atoms with Crippen molar-refractivity contribution < 1.29 is 4.92 Å². The molecule has 19 heavy (non-hydrogen) atoms. The van der Waals surface area contributed by atoms with Crippen LogP contribution in [0.15, 0.2) is 12.1 Å². The van der Waals surface area contributed by atoms with Crippen LogP contribution < -0.4 is 10.2 Å². The number of nitrogens with zero attached hydrogens (tertiary/aromatic N) is 2. The van der Waals surface area contributed by atoms with E-state index in [1.165, 1.54) is 6.07 Å². The minimum absolute atomic E-state index is 0.0115. The first kappa shape index (κ1) is 14.4. The van der Waals surface area contributed by atoms with Crippen molar-refractivity contribution in [1.29, 1.82) is 0 Å². The highest BCUT2D eigenvalue weighted by molar-refractivity contribution is 6.42. The number of nitro groups is 1. The maximum absolute atomic E-state index is 11.2. The summed E-state index contributed by atoms with van der Waals surface area (Å²) in [4.78, 5) is 12.8. The minimum Gasteiger partial charge on any atom is -0.362 e. The zero-order valence-corrected chi connectivity index (χ0v) is 12.0. The molecule has 1 heterocycles. The van der Waals surface area contributed by atoms with Crippen LogP contribution in [-0.4, -0.2) is 31.1 Å². The van der Waals surface area contributed by atoms with Crippen LogP contribution in [-0.2, 0) is 0 Å². The molecular weight excluding hydrogens is 289 g/mol. The predicted octanol–water partition coefficient (Wildman–Crippen LogP) is 3.09. The van der Waals surface area contributed by atoms with E-state index in [4.69, 9.17) is 23.2 Å². The summed E-state index contributed by atoms with van der Waals surface area (Å²) < 4.78 is 0. The fraction of sp³-hybridized carbons (Fsp3) is 0.500. The van der Waals surface area contributed by atoms with Crippen molar-refractivity contribution in [1.82, 2.24) is 5.32 Å². The van der Waals surface area contributed by atoms with Gasteiger partial charge in [0, 0.05) is 25.2 Å². The van der Waals surface area contributed by atoms with E-state index in [1.54, 1.807) is 6.07 Å². The summed E-state index contributed by atoms with van der Waals surface area (Å²) in [6.45, 7) is 1.59. The fourth-order valence-electron chi connectivity index (χ4n) is 2.50. The first-order chi connectivity index (χ1) is 9.04. The van der Waals surface area contributed by atoms with Gasteiger partial charge in [-0.15, -0.1) is 0 Å². The van der Waals surface area contributed by atoms with E-state index in [9.17, 15) is 10.1 Å². The molecule has 1 fully saturated rings. The van der Waals surface area contributed by atoms with E-state index < -0.39 is 4.92 Å². The number of anilines is 1. The molecule has 0 spiro atoms. The summed E-state index contributed by atoms with van der Waals surface area (Å²) >= 11 is 11.9. The number of nitro benzene ring substituents is 1. The lowest BCUT2D eigenvalue weighted by molar-refractivity contribution is -0.384. The number of benzene rings is 1. The average Bonchev–Trinajstić information content (AvgIpc) is 2.80. The molecular formula is C12H15Cl2N3O2. The standard InChI is InChI=1S/C12H15Cl2N3O2/c1-15-7-8-3-2-4-16(8)11-5-9(13)10(14)6-12(11)17(18)19/h5-6,8,15H,2-4,7H2,1H3. The Labute approximate surface area is 121 Å². The monoisotopic (exact) mass is 303 g/mol. The second-order valence-electron chi connectivity index (χ2n) is 4.56. The Morgan fingerprint density at radius 2 is 2.16 bits per heavy atom. The van der Waals surface area contributed by atoms with Gasteiger partial charge in [0.2, 0.25) is 0 Å². The quantitative estimate of drug-likeness (QED) is 0.686. The lowest BCUT2D eigenvalue weighted by Gasteiger charge is -2.26. The molecule has 1 atom stereocenters. The Bertz CT molecular complexity index is 496. The zero-order valence-electron chi connectivity index (χ0n) is 10.5. The number of hydrogen-bond donors (Lipinski definition) is 1. The van der Waals surface area contributed by atoms with Gasteiger partial charge >= 0.3 is 0 Å². The summed E-state index contributed by atoms with van der Waals surface area (Å²) in [6.07, 6.45) is 2.03. The summed E-state index contributed by atoms with van der Waals surface area (Å²) in [5, 5.41) is 14.8. The average molecular weight is 304 g/mol. The topological polar surface area (TPSA) is 58.4 Å². The van der Waals surface area contributed by atoms with E-state index in [0.29, 0.717) is 10.7 Å². The first-order valence-electron chi connectivity index (χ1n) is 6.09. The van der Waals surface area contributed by atoms with Crippen molar-refractivity contribution in [2.75, 3.05) is 25.0 Å². The highest BCUT2D eigenvalue weighted by Gasteiger charge is 2.30. The number of halogens is 2. The molecule has 0 bridgehead atoms. The van der Waals surface area contributed by atoms with Gasteiger partial charge in [0.25, 0.3) is 5.69 Å². The third-order valence-electron chi connectivity index (χ3n) is 3.34. The van der Waals surface area contributed by atoms with Crippen molar-refractivity contribution in [3.05, 3.63) is 32.3 Å². The van der Waals surface area contributed by atoms with Crippen LogP contribution in [0.2, 0.25) is 10.0 Å². The van der Waals surface area contributed by atoms with Crippen LogP contribution in [0.3, 0.4) is 0 Å². The molecule has 2 rings (SSSR count). The molecule has 1 aliphatic rings. The molecule has 1 aromatic carbocycles. The fourth-order valence-corrected chi connectivity index (χ4v) is 2.82. The van der Waals surface area contributed by atoms with Gasteiger partial charge in [-0.1, -0.05) is 23.2 Å². The lowest BCUT2D eigenvalue weighted by Crippen LogP contribution is -2.37. The third-order valence-corrected chi connectivity index (χ3v) is 4.06. The van der Waals surface area contributed by atoms with Crippen LogP contribution in [0, 0.1) is 10.1 Å². The molecule has 7 heteroatoms. The van der Waals surface area contributed by atoms with E-state index >= 15 is 0 Å². The predicted molar refractivity (Wildman–Crippen MR) is 77.4 cm³/mol. The third kappa shape index (κ3) is 2.94. The summed E-state index contributed by atoms with van der Waals surface area (Å²) in [6, 6.07) is 3.17. The normalized spacial score (nSPS) is 18.9. The summed E-state index contributed by atoms with van der Waals surface area (Å²) in [5.74, 6) is 0. The number of likely N-dealkylation sites (N-methyl/N-ethyl adjacent to an activating group) is 1. The number of rotatable bonds is 4. The summed E-state index contributed by atoms with van der Waals surface area (Å²) in [7, 11) is 1.87. The maximum Gasteiger partial charge on any atom is 0.294 e. The summed E-state index contributed by atoms with van der Waals surface area (Å²) in [5.41, 5.74) is 0.564. The van der Waals surface area contributed by atoms with Gasteiger partial charge in [-0.05, 0) is 26.0 Å². The van der Waals surface area contributed by atoms with Crippen molar-refractivity contribution in [2.45, 2.75) is 18.9 Å². The van der Waals surface area contributed by atoms with Gasteiger partial charge < -0.3 is 10.2 Å². The number of nitrogens with one attached hydrogen (secondary N) is 1. The van der Waals surface area contributed by atoms with Crippen LogP contribution in [0.4, 0.5) is 11.4 Å². The van der Waals surface area contributed by atoms with Crippen molar-refractivity contribution >= 4 is 34.6 Å². The van der Waals surface area contributed by atoms with Crippen molar-refractivity contribution in [2.24, 2.45) is 0 Å². The zero-order chi connectivity index (χ0) is 14.0. The second kappa shape index (κ2) is 5.94. The van der Waals surface area contributed by atoms with E-state index in [-0.39, 0.29) is 16.8 Å².